The van der Waals surface area contributed by atoms with Crippen LogP contribution in [0.2, 0.25) is 0 Å². The van der Waals surface area contributed by atoms with Crippen LogP contribution in [0.15, 0.2) is 24.3 Å². The number of hydrogen-bond donors (Lipinski definition) is 2. The molecule has 1 rings (SSSR count). The number of hydrogen-bond acceptors (Lipinski definition) is 3. The molecule has 0 saturated heterocycles. The number of benzene rings is 1. The highest BCUT2D eigenvalue weighted by Gasteiger charge is 2.19. The Hall–Kier alpha value is -1.07. The number of nitrogens with one attached hydrogen (secondary N) is 1. The Morgan fingerprint density at radius 2 is 1.82 bits per heavy atom. The SMILES string of the molecule is CC(C)(C)c1ccccc1NS(=O)(=O)CCN. The number of nitrogens with two attached hydrogens (primary N) is 1. The van der Waals surface area contributed by atoms with Crippen LogP contribution in [-0.2, 0) is 15.4 Å². The van der Waals surface area contributed by atoms with E-state index in [1.54, 1.807) is 6.07 Å². The van der Waals surface area contributed by atoms with Crippen LogP contribution in [-0.4, -0.2) is 20.7 Å². The lowest BCUT2D eigenvalue weighted by Crippen LogP contribution is -2.24. The predicted octanol–water partition coefficient (Wildman–Crippen LogP) is 1.68. The van der Waals surface area contributed by atoms with Crippen molar-refractivity contribution < 1.29 is 8.42 Å². The zero-order chi connectivity index (χ0) is 13.1. The van der Waals surface area contributed by atoms with Crippen LogP contribution in [0.1, 0.15) is 26.3 Å². The minimum Gasteiger partial charge on any atom is -0.329 e. The average molecular weight is 256 g/mol. The molecule has 0 spiro atoms. The van der Waals surface area contributed by atoms with Crippen molar-refractivity contribution in [1.29, 1.82) is 0 Å². The van der Waals surface area contributed by atoms with Crippen LogP contribution in [0.25, 0.3) is 0 Å². The molecule has 0 bridgehead atoms. The van der Waals surface area contributed by atoms with Crippen LogP contribution in [0.5, 0.6) is 0 Å². The molecule has 0 heterocycles. The summed E-state index contributed by atoms with van der Waals surface area (Å²) in [6.45, 7) is 6.25. The molecule has 3 N–H and O–H groups in total. The van der Waals surface area contributed by atoms with Crippen molar-refractivity contribution in [2.75, 3.05) is 17.0 Å². The number of rotatable bonds is 4. The summed E-state index contributed by atoms with van der Waals surface area (Å²) in [6.07, 6.45) is 0. The van der Waals surface area contributed by atoms with Gasteiger partial charge in [0.2, 0.25) is 10.0 Å². The second-order valence-electron chi connectivity index (χ2n) is 5.01. The summed E-state index contributed by atoms with van der Waals surface area (Å²) in [5.41, 5.74) is 6.77. The Morgan fingerprint density at radius 1 is 1.24 bits per heavy atom. The summed E-state index contributed by atoms with van der Waals surface area (Å²) in [6, 6.07) is 7.42. The van der Waals surface area contributed by atoms with Gasteiger partial charge in [0.05, 0.1) is 11.4 Å². The first-order valence-corrected chi connectivity index (χ1v) is 7.21. The van der Waals surface area contributed by atoms with Crippen LogP contribution in [0, 0.1) is 0 Å². The Bertz CT molecular complexity index is 476. The van der Waals surface area contributed by atoms with E-state index < -0.39 is 10.0 Å². The number of para-hydroxylation sites is 1. The van der Waals surface area contributed by atoms with Gasteiger partial charge in [0.15, 0.2) is 0 Å². The molecule has 1 aromatic carbocycles. The van der Waals surface area contributed by atoms with Gasteiger partial charge < -0.3 is 5.73 Å². The Morgan fingerprint density at radius 3 is 2.35 bits per heavy atom. The monoisotopic (exact) mass is 256 g/mol. The first-order chi connectivity index (χ1) is 7.76. The van der Waals surface area contributed by atoms with E-state index in [1.807, 2.05) is 39.0 Å². The molecule has 0 unspecified atom stereocenters. The maximum absolute atomic E-state index is 11.7. The van der Waals surface area contributed by atoms with E-state index in [1.165, 1.54) is 0 Å². The highest BCUT2D eigenvalue weighted by Crippen LogP contribution is 2.29. The van der Waals surface area contributed by atoms with Crippen molar-refractivity contribution >= 4 is 15.7 Å². The maximum atomic E-state index is 11.7. The lowest BCUT2D eigenvalue weighted by Gasteiger charge is -2.23. The van der Waals surface area contributed by atoms with Gasteiger partial charge in [-0.15, -0.1) is 0 Å². The molecule has 5 heteroatoms. The topological polar surface area (TPSA) is 72.2 Å². The second kappa shape index (κ2) is 5.06. The predicted molar refractivity (Wildman–Crippen MR) is 71.6 cm³/mol. The van der Waals surface area contributed by atoms with Gasteiger partial charge in [-0.3, -0.25) is 4.72 Å². The zero-order valence-electron chi connectivity index (χ0n) is 10.5. The van der Waals surface area contributed by atoms with Crippen LogP contribution in [0.4, 0.5) is 5.69 Å². The minimum atomic E-state index is -3.34. The lowest BCUT2D eigenvalue weighted by atomic mass is 9.86. The molecular formula is C12H20N2O2S. The number of anilines is 1. The maximum Gasteiger partial charge on any atom is 0.233 e. The summed E-state index contributed by atoms with van der Waals surface area (Å²) in [5.74, 6) is -0.0640. The van der Waals surface area contributed by atoms with Crippen molar-refractivity contribution in [2.24, 2.45) is 5.73 Å². The summed E-state index contributed by atoms with van der Waals surface area (Å²) >= 11 is 0. The van der Waals surface area contributed by atoms with E-state index >= 15 is 0 Å². The van der Waals surface area contributed by atoms with Gasteiger partial charge in [-0.25, -0.2) is 8.42 Å². The van der Waals surface area contributed by atoms with Crippen molar-refractivity contribution in [3.05, 3.63) is 29.8 Å². The van der Waals surface area contributed by atoms with Gasteiger partial charge in [0.25, 0.3) is 0 Å². The van der Waals surface area contributed by atoms with E-state index in [0.717, 1.165) is 5.56 Å². The molecule has 0 atom stereocenters. The quantitative estimate of drug-likeness (QED) is 0.861. The highest BCUT2D eigenvalue weighted by atomic mass is 32.2. The molecule has 0 aliphatic rings. The second-order valence-corrected chi connectivity index (χ2v) is 6.85. The van der Waals surface area contributed by atoms with E-state index in [4.69, 9.17) is 5.73 Å². The standard InChI is InChI=1S/C12H20N2O2S/c1-12(2,3)10-6-4-5-7-11(10)14-17(15,16)9-8-13/h4-7,14H,8-9,13H2,1-3H3. The van der Waals surface area contributed by atoms with E-state index in [0.29, 0.717) is 5.69 Å². The fourth-order valence-electron chi connectivity index (χ4n) is 1.60. The van der Waals surface area contributed by atoms with E-state index in [-0.39, 0.29) is 17.7 Å². The van der Waals surface area contributed by atoms with Gasteiger partial charge in [-0.05, 0) is 17.0 Å². The molecule has 0 fully saturated rings. The largest absolute Gasteiger partial charge is 0.329 e. The smallest absolute Gasteiger partial charge is 0.233 e. The fourth-order valence-corrected chi connectivity index (χ4v) is 2.53. The van der Waals surface area contributed by atoms with E-state index in [2.05, 4.69) is 4.72 Å². The van der Waals surface area contributed by atoms with Gasteiger partial charge in [-0.2, -0.15) is 0 Å². The van der Waals surface area contributed by atoms with Gasteiger partial charge in [0.1, 0.15) is 0 Å². The summed E-state index contributed by atoms with van der Waals surface area (Å²) in [5, 5.41) is 0. The fraction of sp³-hybridized carbons (Fsp3) is 0.500. The Labute approximate surface area is 103 Å². The van der Waals surface area contributed by atoms with Gasteiger partial charge in [0, 0.05) is 6.54 Å². The first-order valence-electron chi connectivity index (χ1n) is 5.56. The molecule has 0 saturated carbocycles. The third kappa shape index (κ3) is 4.02. The molecule has 0 aromatic heterocycles. The third-order valence-corrected chi connectivity index (χ3v) is 3.69. The van der Waals surface area contributed by atoms with Crippen LogP contribution < -0.4 is 10.5 Å². The lowest BCUT2D eigenvalue weighted by molar-refractivity contribution is 0.590. The van der Waals surface area contributed by atoms with Crippen molar-refractivity contribution in [3.63, 3.8) is 0 Å². The normalized spacial score (nSPS) is 12.5. The zero-order valence-corrected chi connectivity index (χ0v) is 11.3. The van der Waals surface area contributed by atoms with Crippen LogP contribution >= 0.6 is 0 Å². The Balaban J connectivity index is 3.08. The Kier molecular flexibility index (Phi) is 4.16. The first kappa shape index (κ1) is 14.0. The number of sulfonamides is 1. The molecule has 0 radical (unpaired) electrons. The molecule has 4 nitrogen and oxygen atoms in total. The van der Waals surface area contributed by atoms with E-state index in [9.17, 15) is 8.42 Å². The molecule has 0 aliphatic carbocycles. The van der Waals surface area contributed by atoms with Crippen LogP contribution in [0.3, 0.4) is 0 Å². The van der Waals surface area contributed by atoms with Crippen molar-refractivity contribution in [2.45, 2.75) is 26.2 Å². The third-order valence-electron chi connectivity index (χ3n) is 2.39. The van der Waals surface area contributed by atoms with Gasteiger partial charge >= 0.3 is 0 Å². The van der Waals surface area contributed by atoms with Crippen molar-refractivity contribution in [1.82, 2.24) is 0 Å². The minimum absolute atomic E-state index is 0.0640. The average Bonchev–Trinajstić information content (AvgIpc) is 2.15. The van der Waals surface area contributed by atoms with Crippen molar-refractivity contribution in [3.8, 4) is 0 Å². The van der Waals surface area contributed by atoms with Gasteiger partial charge in [-0.1, -0.05) is 39.0 Å². The highest BCUT2D eigenvalue weighted by molar-refractivity contribution is 7.92. The molecule has 0 amide bonds. The molecule has 0 aliphatic heterocycles. The summed E-state index contributed by atoms with van der Waals surface area (Å²) in [7, 11) is -3.34. The molecule has 96 valence electrons. The summed E-state index contributed by atoms with van der Waals surface area (Å²) in [4.78, 5) is 0. The molecule has 17 heavy (non-hydrogen) atoms. The molecular weight excluding hydrogens is 236 g/mol. The molecule has 1 aromatic rings. The summed E-state index contributed by atoms with van der Waals surface area (Å²) < 4.78 is 26.0.